The van der Waals surface area contributed by atoms with E-state index >= 15 is 0 Å². The predicted molar refractivity (Wildman–Crippen MR) is 92.3 cm³/mol. The summed E-state index contributed by atoms with van der Waals surface area (Å²) in [5.41, 5.74) is 0.711. The van der Waals surface area contributed by atoms with Crippen LogP contribution in [0.3, 0.4) is 0 Å². The van der Waals surface area contributed by atoms with Crippen LogP contribution in [-0.4, -0.2) is 45.5 Å². The molecule has 0 saturated heterocycles. The van der Waals surface area contributed by atoms with E-state index < -0.39 is 0 Å². The molecule has 0 radical (unpaired) electrons. The van der Waals surface area contributed by atoms with Gasteiger partial charge >= 0.3 is 0 Å². The van der Waals surface area contributed by atoms with Gasteiger partial charge < -0.3 is 9.64 Å². The van der Waals surface area contributed by atoms with Gasteiger partial charge in [-0.05, 0) is 26.2 Å². The van der Waals surface area contributed by atoms with Crippen molar-refractivity contribution in [1.29, 1.82) is 0 Å². The Labute approximate surface area is 141 Å². The first kappa shape index (κ1) is 15.6. The Bertz CT molecular complexity index is 805. The molecule has 0 unspecified atom stereocenters. The Balaban J connectivity index is 1.67. The number of ether oxygens (including phenoxy) is 1. The highest BCUT2D eigenvalue weighted by molar-refractivity contribution is 5.74. The van der Waals surface area contributed by atoms with Crippen molar-refractivity contribution in [2.24, 2.45) is 12.5 Å². The van der Waals surface area contributed by atoms with E-state index in [-0.39, 0.29) is 11.0 Å². The van der Waals surface area contributed by atoms with Crippen LogP contribution in [0.4, 0.5) is 5.95 Å². The summed E-state index contributed by atoms with van der Waals surface area (Å²) in [4.78, 5) is 22.1. The van der Waals surface area contributed by atoms with Gasteiger partial charge in [0, 0.05) is 32.2 Å². The van der Waals surface area contributed by atoms with Crippen molar-refractivity contribution in [3.63, 3.8) is 0 Å². The molecular weight excluding hydrogens is 306 g/mol. The van der Waals surface area contributed by atoms with Crippen molar-refractivity contribution in [3.8, 4) is 0 Å². The van der Waals surface area contributed by atoms with Crippen LogP contribution in [-0.2, 0) is 11.8 Å². The maximum Gasteiger partial charge on any atom is 0.263 e. The Morgan fingerprint density at radius 3 is 2.92 bits per heavy atom. The summed E-state index contributed by atoms with van der Waals surface area (Å²) in [6.07, 6.45) is 7.83. The fraction of sp³-hybridized carbons (Fsp3) is 0.706. The van der Waals surface area contributed by atoms with E-state index in [0.29, 0.717) is 29.1 Å². The number of hydrogen-bond acceptors (Lipinski definition) is 5. The van der Waals surface area contributed by atoms with Crippen LogP contribution in [0.15, 0.2) is 11.0 Å². The number of nitrogens with zero attached hydrogens (tertiary/aromatic N) is 4. The van der Waals surface area contributed by atoms with Gasteiger partial charge in [0.25, 0.3) is 5.56 Å². The monoisotopic (exact) mass is 331 g/mol. The lowest BCUT2D eigenvalue weighted by atomic mass is 9.60. The Morgan fingerprint density at radius 2 is 2.21 bits per heavy atom. The predicted octanol–water partition coefficient (Wildman–Crippen LogP) is 1.83. The molecule has 2 aliphatic rings. The second-order valence-electron chi connectivity index (χ2n) is 7.14. The summed E-state index contributed by atoms with van der Waals surface area (Å²) in [5, 5.41) is 4.67. The molecule has 0 bridgehead atoms. The zero-order chi connectivity index (χ0) is 16.9. The van der Waals surface area contributed by atoms with Crippen LogP contribution in [0.5, 0.6) is 0 Å². The fourth-order valence-electron chi connectivity index (χ4n) is 4.73. The summed E-state index contributed by atoms with van der Waals surface area (Å²) in [6, 6.07) is 0.366. The van der Waals surface area contributed by atoms with E-state index in [1.807, 2.05) is 14.1 Å². The number of fused-ring (bicyclic) bond motifs is 1. The molecule has 2 fully saturated rings. The van der Waals surface area contributed by atoms with Crippen molar-refractivity contribution in [3.05, 3.63) is 16.6 Å². The molecule has 0 aromatic carbocycles. The molecule has 2 heterocycles. The standard InChI is InChI=1S/C17H25N5O2/c1-4-24-13-9-12(17(13)7-5-6-8-17)21(2)16-19-14-11(15(23)20-16)10-18-22(14)3/h10,12-13H,4-9H2,1-3H3,(H,19,20,23)/t12-,13-/m1/s1. The van der Waals surface area contributed by atoms with E-state index in [9.17, 15) is 4.79 Å². The summed E-state index contributed by atoms with van der Waals surface area (Å²) >= 11 is 0. The first-order valence-electron chi connectivity index (χ1n) is 8.83. The Hall–Kier alpha value is -1.89. The molecule has 1 spiro atoms. The van der Waals surface area contributed by atoms with Crippen molar-refractivity contribution in [2.45, 2.75) is 51.2 Å². The minimum Gasteiger partial charge on any atom is -0.378 e. The third-order valence-electron chi connectivity index (χ3n) is 6.04. The SMILES string of the molecule is CCO[C@@H]1C[C@@H](N(C)c2nc3c(cnn3C)c(=O)[nH]2)C12CCCC2. The first-order chi connectivity index (χ1) is 11.6. The van der Waals surface area contributed by atoms with E-state index in [0.717, 1.165) is 13.0 Å². The number of aryl methyl sites for hydroxylation is 1. The van der Waals surface area contributed by atoms with Crippen LogP contribution in [0.25, 0.3) is 11.0 Å². The minimum absolute atomic E-state index is 0.129. The quantitative estimate of drug-likeness (QED) is 0.925. The highest BCUT2D eigenvalue weighted by Gasteiger charge is 2.58. The van der Waals surface area contributed by atoms with Crippen LogP contribution in [0.2, 0.25) is 0 Å². The number of hydrogen-bond donors (Lipinski definition) is 1. The minimum atomic E-state index is -0.129. The molecule has 1 N–H and O–H groups in total. The second-order valence-corrected chi connectivity index (χ2v) is 7.14. The summed E-state index contributed by atoms with van der Waals surface area (Å²) < 4.78 is 7.65. The van der Waals surface area contributed by atoms with Crippen molar-refractivity contribution in [2.75, 3.05) is 18.6 Å². The van der Waals surface area contributed by atoms with E-state index in [1.54, 1.807) is 10.9 Å². The summed E-state index contributed by atoms with van der Waals surface area (Å²) in [6.45, 7) is 2.83. The lowest BCUT2D eigenvalue weighted by Gasteiger charge is -2.57. The molecule has 130 valence electrons. The van der Waals surface area contributed by atoms with Crippen LogP contribution in [0, 0.1) is 5.41 Å². The molecule has 2 saturated carbocycles. The van der Waals surface area contributed by atoms with Gasteiger partial charge in [0.2, 0.25) is 5.95 Å². The largest absolute Gasteiger partial charge is 0.378 e. The van der Waals surface area contributed by atoms with E-state index in [4.69, 9.17) is 4.74 Å². The number of nitrogens with one attached hydrogen (secondary N) is 1. The average Bonchev–Trinajstić information content (AvgIpc) is 3.20. The van der Waals surface area contributed by atoms with E-state index in [1.165, 1.54) is 25.7 Å². The molecule has 0 aliphatic heterocycles. The summed E-state index contributed by atoms with van der Waals surface area (Å²) in [5.74, 6) is 0.627. The molecule has 2 aliphatic carbocycles. The summed E-state index contributed by atoms with van der Waals surface area (Å²) in [7, 11) is 3.85. The second kappa shape index (κ2) is 5.58. The lowest BCUT2D eigenvalue weighted by molar-refractivity contribution is -0.121. The Kier molecular flexibility index (Phi) is 3.63. The van der Waals surface area contributed by atoms with Crippen LogP contribution >= 0.6 is 0 Å². The van der Waals surface area contributed by atoms with Gasteiger partial charge in [-0.1, -0.05) is 12.8 Å². The number of aromatic amines is 1. The molecule has 2 aromatic heterocycles. The third kappa shape index (κ3) is 2.10. The zero-order valence-electron chi connectivity index (χ0n) is 14.6. The van der Waals surface area contributed by atoms with Gasteiger partial charge in [0.1, 0.15) is 5.39 Å². The topological polar surface area (TPSA) is 76.0 Å². The normalized spacial score (nSPS) is 25.3. The van der Waals surface area contributed by atoms with Crippen LogP contribution in [0.1, 0.15) is 39.0 Å². The number of aromatic nitrogens is 4. The van der Waals surface area contributed by atoms with Crippen molar-refractivity contribution in [1.82, 2.24) is 19.7 Å². The molecule has 24 heavy (non-hydrogen) atoms. The highest BCUT2D eigenvalue weighted by Crippen LogP contribution is 2.56. The lowest BCUT2D eigenvalue weighted by Crippen LogP contribution is -2.63. The number of rotatable bonds is 4. The first-order valence-corrected chi connectivity index (χ1v) is 8.83. The number of anilines is 1. The van der Waals surface area contributed by atoms with Gasteiger partial charge in [-0.3, -0.25) is 14.5 Å². The van der Waals surface area contributed by atoms with Gasteiger partial charge in [0.05, 0.1) is 12.3 Å². The molecule has 2 aromatic rings. The van der Waals surface area contributed by atoms with Gasteiger partial charge in [-0.15, -0.1) is 0 Å². The maximum absolute atomic E-state index is 12.3. The van der Waals surface area contributed by atoms with E-state index in [2.05, 4.69) is 26.9 Å². The molecule has 0 amide bonds. The van der Waals surface area contributed by atoms with Crippen molar-refractivity contribution < 1.29 is 4.74 Å². The molecule has 7 nitrogen and oxygen atoms in total. The fourth-order valence-corrected chi connectivity index (χ4v) is 4.73. The average molecular weight is 331 g/mol. The van der Waals surface area contributed by atoms with Gasteiger partial charge in [-0.2, -0.15) is 10.1 Å². The third-order valence-corrected chi connectivity index (χ3v) is 6.04. The molecular formula is C17H25N5O2. The van der Waals surface area contributed by atoms with Crippen molar-refractivity contribution >= 4 is 17.0 Å². The maximum atomic E-state index is 12.3. The number of H-pyrrole nitrogens is 1. The van der Waals surface area contributed by atoms with Gasteiger partial charge in [0.15, 0.2) is 5.65 Å². The molecule has 7 heteroatoms. The van der Waals surface area contributed by atoms with Crippen LogP contribution < -0.4 is 10.5 Å². The highest BCUT2D eigenvalue weighted by atomic mass is 16.5. The smallest absolute Gasteiger partial charge is 0.263 e. The molecule has 2 atom stereocenters. The molecule has 4 rings (SSSR count). The Morgan fingerprint density at radius 1 is 1.46 bits per heavy atom. The van der Waals surface area contributed by atoms with Gasteiger partial charge in [-0.25, -0.2) is 0 Å². The zero-order valence-corrected chi connectivity index (χ0v) is 14.6.